The Labute approximate surface area is 185 Å². The fourth-order valence-corrected chi connectivity index (χ4v) is 11.2. The third kappa shape index (κ3) is 6.56. The molecule has 0 aromatic rings. The average Bonchev–Trinajstić information content (AvgIpc) is 2.66. The van der Waals surface area contributed by atoms with Crippen molar-refractivity contribution < 1.29 is 33.7 Å². The molecule has 180 valence electrons. The molecule has 0 heterocycles. The van der Waals surface area contributed by atoms with Gasteiger partial charge in [0.25, 0.3) is 0 Å². The molecule has 8 nitrogen and oxygen atoms in total. The number of sulfone groups is 4. The van der Waals surface area contributed by atoms with Gasteiger partial charge in [0, 0.05) is 23.0 Å². The Morgan fingerprint density at radius 1 is 0.448 bits per heavy atom. The van der Waals surface area contributed by atoms with Crippen LogP contribution >= 0.6 is 13.5 Å². The topological polar surface area (TPSA) is 137 Å². The SMILES string of the molecule is CCC(C)(S(=O)(=O)CC)S(=O)(=O)CC.CCC(C)(S(=O)(=O)CC)S(=O)(=O)CC.S. The molecular weight excluding hydrogens is 481 g/mol. The molecule has 0 radical (unpaired) electrons. The zero-order valence-corrected chi connectivity index (χ0v) is 22.9. The Morgan fingerprint density at radius 2 is 0.586 bits per heavy atom. The molecule has 0 amide bonds. The van der Waals surface area contributed by atoms with E-state index in [0.717, 1.165) is 0 Å². The van der Waals surface area contributed by atoms with Crippen molar-refractivity contribution in [3.8, 4) is 0 Å². The normalized spacial score (nSPS) is 13.8. The van der Waals surface area contributed by atoms with Gasteiger partial charge in [-0.15, -0.1) is 0 Å². The van der Waals surface area contributed by atoms with Crippen molar-refractivity contribution in [1.82, 2.24) is 0 Å². The van der Waals surface area contributed by atoms with Gasteiger partial charge in [0.05, 0.1) is 0 Å². The summed E-state index contributed by atoms with van der Waals surface area (Å²) in [5, 5.41) is 0. The Hall–Kier alpha value is 0.150. The lowest BCUT2D eigenvalue weighted by atomic mass is 10.4. The van der Waals surface area contributed by atoms with Crippen molar-refractivity contribution in [3.63, 3.8) is 0 Å². The largest absolute Gasteiger partial charge is 0.227 e. The summed E-state index contributed by atoms with van der Waals surface area (Å²) in [7, 11) is -14.3. The first-order valence-corrected chi connectivity index (χ1v) is 15.9. The Kier molecular flexibility index (Phi) is 13.6. The van der Waals surface area contributed by atoms with E-state index in [1.807, 2.05) is 0 Å². The van der Waals surface area contributed by atoms with Crippen LogP contribution in [0.15, 0.2) is 0 Å². The zero-order chi connectivity index (χ0) is 23.2. The maximum Gasteiger partial charge on any atom is 0.170 e. The highest BCUT2D eigenvalue weighted by atomic mass is 32.3. The summed E-state index contributed by atoms with van der Waals surface area (Å²) in [5.74, 6) is -0.569. The lowest BCUT2D eigenvalue weighted by Gasteiger charge is -2.26. The second-order valence-electron chi connectivity index (χ2n) is 6.59. The van der Waals surface area contributed by atoms with Crippen LogP contribution in [0.5, 0.6) is 0 Å². The molecule has 0 saturated heterocycles. The van der Waals surface area contributed by atoms with Crippen LogP contribution < -0.4 is 0 Å². The molecule has 0 aromatic carbocycles. The summed E-state index contributed by atoms with van der Waals surface area (Å²) in [6.45, 7) is 11.6. The van der Waals surface area contributed by atoms with Gasteiger partial charge >= 0.3 is 0 Å². The second-order valence-corrected chi connectivity index (χ2v) is 17.9. The van der Waals surface area contributed by atoms with Gasteiger partial charge in [0.2, 0.25) is 0 Å². The van der Waals surface area contributed by atoms with Crippen molar-refractivity contribution in [2.75, 3.05) is 23.0 Å². The monoisotopic (exact) mass is 518 g/mol. The zero-order valence-electron chi connectivity index (χ0n) is 18.6. The molecule has 0 N–H and O–H groups in total. The van der Waals surface area contributed by atoms with E-state index in [1.165, 1.54) is 41.5 Å². The molecule has 0 fully saturated rings. The minimum absolute atomic E-state index is 0. The third-order valence-electron chi connectivity index (χ3n) is 5.44. The van der Waals surface area contributed by atoms with Crippen LogP contribution in [0, 0.1) is 0 Å². The number of rotatable bonds is 10. The van der Waals surface area contributed by atoms with Crippen molar-refractivity contribution in [1.29, 1.82) is 0 Å². The minimum Gasteiger partial charge on any atom is -0.227 e. The highest BCUT2D eigenvalue weighted by molar-refractivity contribution is 8.10. The van der Waals surface area contributed by atoms with Gasteiger partial charge in [-0.25, -0.2) is 33.7 Å². The standard InChI is InChI=1S/2C8H18O4S2.H2S/c2*1-5-8(4,13(9,10)6-2)14(11,12)7-3;/h2*5-7H2,1-4H3;1H2. The van der Waals surface area contributed by atoms with Gasteiger partial charge in [-0.1, -0.05) is 41.5 Å². The molecule has 0 unspecified atom stereocenters. The molecule has 0 saturated carbocycles. The maximum atomic E-state index is 11.7. The van der Waals surface area contributed by atoms with E-state index in [4.69, 9.17) is 0 Å². The van der Waals surface area contributed by atoms with Crippen LogP contribution in [0.2, 0.25) is 0 Å². The summed E-state index contributed by atoms with van der Waals surface area (Å²) >= 11 is 0. The molecule has 0 bridgehead atoms. The highest BCUT2D eigenvalue weighted by Crippen LogP contribution is 2.30. The molecule has 13 heteroatoms. The fourth-order valence-electron chi connectivity index (χ4n) is 2.49. The van der Waals surface area contributed by atoms with Gasteiger partial charge in [-0.05, 0) is 26.7 Å². The van der Waals surface area contributed by atoms with E-state index in [2.05, 4.69) is 0 Å². The number of hydrogen-bond acceptors (Lipinski definition) is 8. The Bertz CT molecular complexity index is 768. The van der Waals surface area contributed by atoms with E-state index >= 15 is 0 Å². The smallest absolute Gasteiger partial charge is 0.170 e. The Balaban J connectivity index is -0.000000451. The first-order valence-electron chi connectivity index (χ1n) is 9.25. The second kappa shape index (κ2) is 11.7. The van der Waals surface area contributed by atoms with Gasteiger partial charge in [0.1, 0.15) is 0 Å². The first-order chi connectivity index (χ1) is 12.4. The Morgan fingerprint density at radius 3 is 0.655 bits per heavy atom. The molecule has 0 atom stereocenters. The van der Waals surface area contributed by atoms with E-state index in [9.17, 15) is 33.7 Å². The summed E-state index contributed by atoms with van der Waals surface area (Å²) < 4.78 is 90.2. The van der Waals surface area contributed by atoms with E-state index in [-0.39, 0.29) is 49.3 Å². The van der Waals surface area contributed by atoms with E-state index < -0.39 is 47.5 Å². The van der Waals surface area contributed by atoms with Gasteiger partial charge in [-0.3, -0.25) is 0 Å². The lowest BCUT2D eigenvalue weighted by Crippen LogP contribution is -2.44. The fraction of sp³-hybridized carbons (Fsp3) is 1.00. The predicted molar refractivity (Wildman–Crippen MR) is 126 cm³/mol. The molecule has 0 aliphatic heterocycles. The molecule has 0 rings (SSSR count). The quantitative estimate of drug-likeness (QED) is 0.429. The van der Waals surface area contributed by atoms with E-state index in [0.29, 0.717) is 0 Å². The van der Waals surface area contributed by atoms with Gasteiger partial charge in [0.15, 0.2) is 47.5 Å². The lowest BCUT2D eigenvalue weighted by molar-refractivity contribution is 0.541. The summed E-state index contributed by atoms with van der Waals surface area (Å²) in [6.07, 6.45) is 0.193. The third-order valence-corrected chi connectivity index (χ3v) is 17.9. The van der Waals surface area contributed by atoms with Crippen LogP contribution in [0.1, 0.15) is 68.2 Å². The van der Waals surface area contributed by atoms with Gasteiger partial charge in [-0.2, -0.15) is 13.5 Å². The molecule has 0 spiro atoms. The van der Waals surface area contributed by atoms with Crippen molar-refractivity contribution >= 4 is 52.8 Å². The minimum atomic E-state index is -3.57. The molecule has 29 heavy (non-hydrogen) atoms. The molecule has 0 aromatic heterocycles. The van der Waals surface area contributed by atoms with Crippen molar-refractivity contribution in [2.45, 2.75) is 76.4 Å². The molecular formula is C16H38O8S5. The molecule has 0 aliphatic rings. The number of hydrogen-bond donors (Lipinski definition) is 0. The van der Waals surface area contributed by atoms with Crippen LogP contribution in [-0.2, 0) is 39.3 Å². The van der Waals surface area contributed by atoms with Crippen LogP contribution in [0.3, 0.4) is 0 Å². The van der Waals surface area contributed by atoms with Crippen LogP contribution in [0.4, 0.5) is 0 Å². The van der Waals surface area contributed by atoms with E-state index in [1.54, 1.807) is 13.8 Å². The maximum absolute atomic E-state index is 11.7. The molecule has 0 aliphatic carbocycles. The van der Waals surface area contributed by atoms with Crippen LogP contribution in [0.25, 0.3) is 0 Å². The van der Waals surface area contributed by atoms with Gasteiger partial charge < -0.3 is 0 Å². The van der Waals surface area contributed by atoms with Crippen molar-refractivity contribution in [2.24, 2.45) is 0 Å². The summed E-state index contributed by atoms with van der Waals surface area (Å²) in [6, 6.07) is 0. The average molecular weight is 519 g/mol. The predicted octanol–water partition coefficient (Wildman–Crippen LogP) is 2.08. The summed E-state index contributed by atoms with van der Waals surface area (Å²) in [4.78, 5) is 0. The summed E-state index contributed by atoms with van der Waals surface area (Å²) in [5.41, 5.74) is 0. The highest BCUT2D eigenvalue weighted by Gasteiger charge is 2.47. The first kappa shape index (κ1) is 33.8. The van der Waals surface area contributed by atoms with Crippen LogP contribution in [-0.4, -0.2) is 64.8 Å². The van der Waals surface area contributed by atoms with Crippen molar-refractivity contribution in [3.05, 3.63) is 0 Å².